The molecule has 1 aliphatic rings. The Hall–Kier alpha value is -1.26. The number of nitrogens with zero attached hydrogens (tertiary/aromatic N) is 1. The van der Waals surface area contributed by atoms with Crippen molar-refractivity contribution in [2.75, 3.05) is 18.0 Å². The number of carbonyl (C=O) groups is 1. The minimum atomic E-state index is -0.159. The van der Waals surface area contributed by atoms with E-state index in [0.717, 1.165) is 11.4 Å². The number of anilines is 1. The second-order valence-electron chi connectivity index (χ2n) is 4.48. The molecular weight excluding hydrogens is 252 g/mol. The summed E-state index contributed by atoms with van der Waals surface area (Å²) in [6.07, 6.45) is 0.0128. The van der Waals surface area contributed by atoms with E-state index < -0.39 is 0 Å². The summed E-state index contributed by atoms with van der Waals surface area (Å²) in [4.78, 5) is 14.0. The first-order valence-electron chi connectivity index (χ1n) is 5.90. The Morgan fingerprint density at radius 3 is 2.89 bits per heavy atom. The fourth-order valence-corrected chi connectivity index (χ4v) is 1.96. The molecule has 0 aromatic heterocycles. The zero-order valence-electron chi connectivity index (χ0n) is 10.6. The summed E-state index contributed by atoms with van der Waals surface area (Å²) in [6.45, 7) is 4.77. The highest BCUT2D eigenvalue weighted by Gasteiger charge is 2.29. The highest BCUT2D eigenvalue weighted by Crippen LogP contribution is 2.33. The predicted molar refractivity (Wildman–Crippen MR) is 74.4 cm³/mol. The largest absolute Gasteiger partial charge is 0.487 e. The van der Waals surface area contributed by atoms with Gasteiger partial charge >= 0.3 is 0 Å². The maximum atomic E-state index is 12.2. The molecule has 0 radical (unpaired) electrons. The zero-order chi connectivity index (χ0) is 12.4. The number of carbonyl (C=O) groups excluding carboxylic acids is 1. The van der Waals surface area contributed by atoms with Crippen LogP contribution in [0.15, 0.2) is 24.3 Å². The Kier molecular flexibility index (Phi) is 4.99. The lowest BCUT2D eigenvalue weighted by Crippen LogP contribution is -2.45. The molecular formula is C13H19ClN2O2. The molecule has 18 heavy (non-hydrogen) atoms. The lowest BCUT2D eigenvalue weighted by Gasteiger charge is -2.34. The van der Waals surface area contributed by atoms with Gasteiger partial charge in [0, 0.05) is 12.5 Å². The van der Waals surface area contributed by atoms with E-state index in [2.05, 4.69) is 0 Å². The van der Waals surface area contributed by atoms with E-state index in [1.165, 1.54) is 0 Å². The van der Waals surface area contributed by atoms with Gasteiger partial charge in [-0.1, -0.05) is 19.1 Å². The summed E-state index contributed by atoms with van der Waals surface area (Å²) in [5.74, 6) is 0.673. The molecule has 2 atom stereocenters. The zero-order valence-corrected chi connectivity index (χ0v) is 11.4. The molecule has 1 aliphatic heterocycles. The van der Waals surface area contributed by atoms with Crippen LogP contribution in [0.1, 0.15) is 13.8 Å². The summed E-state index contributed by atoms with van der Waals surface area (Å²) in [6, 6.07) is 7.61. The van der Waals surface area contributed by atoms with Crippen LogP contribution in [0.4, 0.5) is 5.69 Å². The lowest BCUT2D eigenvalue weighted by atomic mass is 10.1. The van der Waals surface area contributed by atoms with Crippen LogP contribution in [0.2, 0.25) is 0 Å². The van der Waals surface area contributed by atoms with E-state index in [1.54, 1.807) is 4.90 Å². The molecule has 1 heterocycles. The first-order valence-corrected chi connectivity index (χ1v) is 5.90. The molecule has 2 rings (SSSR count). The van der Waals surface area contributed by atoms with E-state index in [4.69, 9.17) is 10.5 Å². The van der Waals surface area contributed by atoms with Gasteiger partial charge in [-0.2, -0.15) is 0 Å². The molecule has 0 spiro atoms. The molecule has 0 saturated heterocycles. The van der Waals surface area contributed by atoms with Crippen molar-refractivity contribution >= 4 is 24.0 Å². The van der Waals surface area contributed by atoms with Gasteiger partial charge in [0.05, 0.1) is 12.2 Å². The van der Waals surface area contributed by atoms with E-state index in [0.29, 0.717) is 13.1 Å². The third-order valence-corrected chi connectivity index (χ3v) is 2.97. The molecule has 2 N–H and O–H groups in total. The standard InChI is InChI=1S/C13H18N2O2.ClH/c1-9(7-14)13(16)15-8-10(2)17-12-6-4-3-5-11(12)15;/h3-6,9-10H,7-8,14H2,1-2H3;1H. The molecule has 0 fully saturated rings. The first kappa shape index (κ1) is 14.8. The number of nitrogens with two attached hydrogens (primary N) is 1. The number of hydrogen-bond acceptors (Lipinski definition) is 3. The topological polar surface area (TPSA) is 55.6 Å². The Morgan fingerprint density at radius 2 is 2.22 bits per heavy atom. The van der Waals surface area contributed by atoms with Gasteiger partial charge in [0.2, 0.25) is 5.91 Å². The van der Waals surface area contributed by atoms with Crippen molar-refractivity contribution in [1.82, 2.24) is 0 Å². The molecule has 0 bridgehead atoms. The van der Waals surface area contributed by atoms with Crippen molar-refractivity contribution in [2.45, 2.75) is 20.0 Å². The minimum absolute atomic E-state index is 0. The fourth-order valence-electron chi connectivity index (χ4n) is 1.96. The Labute approximate surface area is 114 Å². The van der Waals surface area contributed by atoms with Crippen LogP contribution in [0.25, 0.3) is 0 Å². The number of rotatable bonds is 2. The SMILES string of the molecule is CC1CN(C(=O)C(C)CN)c2ccccc2O1.Cl. The van der Waals surface area contributed by atoms with Gasteiger partial charge in [0.1, 0.15) is 11.9 Å². The van der Waals surface area contributed by atoms with Crippen LogP contribution in [0, 0.1) is 5.92 Å². The molecule has 1 aromatic carbocycles. The number of amides is 1. The van der Waals surface area contributed by atoms with E-state index in [1.807, 2.05) is 38.1 Å². The van der Waals surface area contributed by atoms with Crippen LogP contribution >= 0.6 is 12.4 Å². The van der Waals surface area contributed by atoms with Crippen molar-refractivity contribution in [2.24, 2.45) is 11.7 Å². The van der Waals surface area contributed by atoms with Crippen LogP contribution in [0.3, 0.4) is 0 Å². The maximum absolute atomic E-state index is 12.2. The highest BCUT2D eigenvalue weighted by molar-refractivity contribution is 5.96. The fraction of sp³-hybridized carbons (Fsp3) is 0.462. The van der Waals surface area contributed by atoms with Gasteiger partial charge in [0.25, 0.3) is 0 Å². The Bertz CT molecular complexity index is 425. The molecule has 100 valence electrons. The predicted octanol–water partition coefficient (Wildman–Crippen LogP) is 1.82. The normalized spacial score (nSPS) is 19.3. The number of fused-ring (bicyclic) bond motifs is 1. The average molecular weight is 271 g/mol. The van der Waals surface area contributed by atoms with E-state index in [-0.39, 0.29) is 30.3 Å². The number of para-hydroxylation sites is 2. The average Bonchev–Trinajstić information content (AvgIpc) is 2.35. The smallest absolute Gasteiger partial charge is 0.231 e. The van der Waals surface area contributed by atoms with Crippen LogP contribution in [-0.4, -0.2) is 25.1 Å². The number of ether oxygens (including phenoxy) is 1. The van der Waals surface area contributed by atoms with Gasteiger partial charge in [-0.05, 0) is 19.1 Å². The summed E-state index contributed by atoms with van der Waals surface area (Å²) >= 11 is 0. The second-order valence-corrected chi connectivity index (χ2v) is 4.48. The highest BCUT2D eigenvalue weighted by atomic mass is 35.5. The molecule has 1 aromatic rings. The van der Waals surface area contributed by atoms with Crippen molar-refractivity contribution in [3.8, 4) is 5.75 Å². The van der Waals surface area contributed by atoms with Gasteiger partial charge in [-0.3, -0.25) is 4.79 Å². The quantitative estimate of drug-likeness (QED) is 0.892. The first-order chi connectivity index (χ1) is 8.13. The molecule has 2 unspecified atom stereocenters. The number of hydrogen-bond donors (Lipinski definition) is 1. The molecule has 0 saturated carbocycles. The molecule has 1 amide bonds. The number of halogens is 1. The third kappa shape index (κ3) is 2.76. The van der Waals surface area contributed by atoms with Crippen molar-refractivity contribution < 1.29 is 9.53 Å². The van der Waals surface area contributed by atoms with Gasteiger partial charge in [-0.15, -0.1) is 12.4 Å². The molecule has 4 nitrogen and oxygen atoms in total. The van der Waals surface area contributed by atoms with Crippen LogP contribution in [-0.2, 0) is 4.79 Å². The lowest BCUT2D eigenvalue weighted by molar-refractivity contribution is -0.122. The Morgan fingerprint density at radius 1 is 1.56 bits per heavy atom. The van der Waals surface area contributed by atoms with Gasteiger partial charge in [-0.25, -0.2) is 0 Å². The number of benzene rings is 1. The maximum Gasteiger partial charge on any atom is 0.231 e. The van der Waals surface area contributed by atoms with Crippen molar-refractivity contribution in [3.63, 3.8) is 0 Å². The molecule has 0 aliphatic carbocycles. The Balaban J connectivity index is 0.00000162. The van der Waals surface area contributed by atoms with Crippen molar-refractivity contribution in [1.29, 1.82) is 0 Å². The van der Waals surface area contributed by atoms with Gasteiger partial charge < -0.3 is 15.4 Å². The molecule has 5 heteroatoms. The minimum Gasteiger partial charge on any atom is -0.487 e. The summed E-state index contributed by atoms with van der Waals surface area (Å²) < 4.78 is 5.70. The summed E-state index contributed by atoms with van der Waals surface area (Å²) in [7, 11) is 0. The van der Waals surface area contributed by atoms with Crippen LogP contribution < -0.4 is 15.4 Å². The van der Waals surface area contributed by atoms with E-state index in [9.17, 15) is 4.79 Å². The monoisotopic (exact) mass is 270 g/mol. The van der Waals surface area contributed by atoms with Crippen LogP contribution in [0.5, 0.6) is 5.75 Å². The third-order valence-electron chi connectivity index (χ3n) is 2.97. The van der Waals surface area contributed by atoms with Gasteiger partial charge in [0.15, 0.2) is 0 Å². The summed E-state index contributed by atoms with van der Waals surface area (Å²) in [5.41, 5.74) is 6.40. The van der Waals surface area contributed by atoms with Crippen molar-refractivity contribution in [3.05, 3.63) is 24.3 Å². The van der Waals surface area contributed by atoms with E-state index >= 15 is 0 Å². The second kappa shape index (κ2) is 6.07. The summed E-state index contributed by atoms with van der Waals surface area (Å²) in [5, 5.41) is 0.